The number of fused-ring (bicyclic) bond motifs is 1. The molecule has 1 aliphatic heterocycles. The number of nitrogens with one attached hydrogen (secondary N) is 2. The number of aromatic nitrogens is 1. The minimum absolute atomic E-state index is 0.238. The fraction of sp³-hybridized carbons (Fsp3) is 0.0690. The predicted molar refractivity (Wildman–Crippen MR) is 138 cm³/mol. The van der Waals surface area contributed by atoms with Crippen molar-refractivity contribution in [2.24, 2.45) is 0 Å². The molecule has 35 heavy (non-hydrogen) atoms. The molecule has 0 spiro atoms. The first-order valence-electron chi connectivity index (χ1n) is 11.3. The fourth-order valence-electron chi connectivity index (χ4n) is 4.05. The van der Waals surface area contributed by atoms with Gasteiger partial charge in [0.25, 0.3) is 5.91 Å². The second kappa shape index (κ2) is 9.65. The number of rotatable bonds is 6. The normalized spacial score (nSPS) is 13.6. The molecule has 0 radical (unpaired) electrons. The zero-order valence-corrected chi connectivity index (χ0v) is 19.1. The van der Waals surface area contributed by atoms with Crippen molar-refractivity contribution >= 4 is 34.5 Å². The number of amides is 1. The van der Waals surface area contributed by atoms with E-state index < -0.39 is 5.97 Å². The number of pyridine rings is 1. The van der Waals surface area contributed by atoms with Crippen LogP contribution < -0.4 is 10.6 Å². The molecule has 5 rings (SSSR count). The lowest BCUT2D eigenvalue weighted by atomic mass is 9.99. The standard InChI is InChI=1S/C29H23N3O3/c1-2-35-29(34)21-13-16-23-25(18-21)32-28(33)26(23)27(20-8-4-3-5-9-20)31-22-14-11-19(12-15-22)24-10-6-7-17-30-24/h3-18,31H,2H2,1H3,(H,32,33). The smallest absolute Gasteiger partial charge is 0.338 e. The Hall–Kier alpha value is -4.71. The highest BCUT2D eigenvalue weighted by molar-refractivity contribution is 6.37. The largest absolute Gasteiger partial charge is 0.462 e. The van der Waals surface area contributed by atoms with Gasteiger partial charge in [-0.1, -0.05) is 54.6 Å². The van der Waals surface area contributed by atoms with Crippen molar-refractivity contribution in [1.82, 2.24) is 4.98 Å². The van der Waals surface area contributed by atoms with E-state index in [1.165, 1.54) is 0 Å². The van der Waals surface area contributed by atoms with Crippen LogP contribution in [0.15, 0.2) is 97.2 Å². The summed E-state index contributed by atoms with van der Waals surface area (Å²) in [6, 6.07) is 28.5. The third-order valence-electron chi connectivity index (χ3n) is 5.70. The Morgan fingerprint density at radius 2 is 1.69 bits per heavy atom. The molecule has 0 saturated carbocycles. The van der Waals surface area contributed by atoms with E-state index in [-0.39, 0.29) is 12.5 Å². The van der Waals surface area contributed by atoms with Gasteiger partial charge in [-0.15, -0.1) is 0 Å². The Balaban J connectivity index is 1.55. The van der Waals surface area contributed by atoms with E-state index in [1.807, 2.05) is 72.8 Å². The van der Waals surface area contributed by atoms with Gasteiger partial charge < -0.3 is 15.4 Å². The maximum absolute atomic E-state index is 13.1. The second-order valence-corrected chi connectivity index (χ2v) is 7.97. The molecule has 0 bridgehead atoms. The summed E-state index contributed by atoms with van der Waals surface area (Å²) in [5.41, 5.74) is 6.48. The molecule has 0 unspecified atom stereocenters. The van der Waals surface area contributed by atoms with E-state index >= 15 is 0 Å². The summed E-state index contributed by atoms with van der Waals surface area (Å²) in [5, 5.41) is 6.35. The molecule has 0 atom stereocenters. The highest BCUT2D eigenvalue weighted by Crippen LogP contribution is 2.38. The average molecular weight is 462 g/mol. The van der Waals surface area contributed by atoms with Gasteiger partial charge in [0.1, 0.15) is 0 Å². The Kier molecular flexibility index (Phi) is 6.09. The van der Waals surface area contributed by atoms with Crippen molar-refractivity contribution in [2.45, 2.75) is 6.92 Å². The number of nitrogens with zero attached hydrogens (tertiary/aromatic N) is 1. The van der Waals surface area contributed by atoms with Crippen LogP contribution in [-0.4, -0.2) is 23.5 Å². The quantitative estimate of drug-likeness (QED) is 0.278. The third-order valence-corrected chi connectivity index (χ3v) is 5.70. The molecular formula is C29H23N3O3. The molecule has 6 nitrogen and oxygen atoms in total. The first-order valence-corrected chi connectivity index (χ1v) is 11.3. The Morgan fingerprint density at radius 3 is 2.40 bits per heavy atom. The van der Waals surface area contributed by atoms with E-state index in [0.29, 0.717) is 22.5 Å². The SMILES string of the molecule is CCOC(=O)c1ccc2c(c1)NC(=O)C2=C(Nc1ccc(-c2ccccn2)cc1)c1ccccc1. The molecule has 0 aliphatic carbocycles. The molecule has 172 valence electrons. The fourth-order valence-corrected chi connectivity index (χ4v) is 4.05. The maximum atomic E-state index is 13.1. The summed E-state index contributed by atoms with van der Waals surface area (Å²) >= 11 is 0. The van der Waals surface area contributed by atoms with Crippen LogP contribution in [0.2, 0.25) is 0 Å². The van der Waals surface area contributed by atoms with Crippen molar-refractivity contribution in [3.05, 3.63) is 114 Å². The molecule has 4 aromatic rings. The van der Waals surface area contributed by atoms with Gasteiger partial charge in [0.15, 0.2) is 0 Å². The molecule has 3 aromatic carbocycles. The molecule has 1 aromatic heterocycles. The van der Waals surface area contributed by atoms with Crippen molar-refractivity contribution < 1.29 is 14.3 Å². The molecule has 1 aliphatic rings. The second-order valence-electron chi connectivity index (χ2n) is 7.97. The number of esters is 1. The third kappa shape index (κ3) is 4.54. The van der Waals surface area contributed by atoms with Gasteiger partial charge in [-0.3, -0.25) is 9.78 Å². The van der Waals surface area contributed by atoms with Crippen LogP contribution in [0.5, 0.6) is 0 Å². The van der Waals surface area contributed by atoms with Crippen molar-refractivity contribution in [3.8, 4) is 11.3 Å². The van der Waals surface area contributed by atoms with Crippen LogP contribution in [0.3, 0.4) is 0 Å². The van der Waals surface area contributed by atoms with Crippen LogP contribution in [0.4, 0.5) is 11.4 Å². The molecule has 0 fully saturated rings. The summed E-state index contributed by atoms with van der Waals surface area (Å²) in [7, 11) is 0. The molecule has 1 amide bonds. The summed E-state index contributed by atoms with van der Waals surface area (Å²) in [4.78, 5) is 29.7. The monoisotopic (exact) mass is 461 g/mol. The Bertz CT molecular complexity index is 1410. The molecular weight excluding hydrogens is 438 g/mol. The number of ether oxygens (including phenoxy) is 1. The number of benzene rings is 3. The highest BCUT2D eigenvalue weighted by Gasteiger charge is 2.29. The van der Waals surface area contributed by atoms with Crippen LogP contribution in [0.1, 0.15) is 28.4 Å². The summed E-state index contributed by atoms with van der Waals surface area (Å²) in [6.07, 6.45) is 1.77. The van der Waals surface area contributed by atoms with Gasteiger partial charge in [0.2, 0.25) is 0 Å². The minimum Gasteiger partial charge on any atom is -0.462 e. The van der Waals surface area contributed by atoms with Gasteiger partial charge in [0, 0.05) is 23.0 Å². The number of carbonyl (C=O) groups is 2. The molecule has 2 N–H and O–H groups in total. The van der Waals surface area contributed by atoms with Crippen LogP contribution in [0, 0.1) is 0 Å². The molecule has 6 heteroatoms. The maximum Gasteiger partial charge on any atom is 0.338 e. The predicted octanol–water partition coefficient (Wildman–Crippen LogP) is 5.86. The van der Waals surface area contributed by atoms with Gasteiger partial charge in [-0.05, 0) is 48.9 Å². The van der Waals surface area contributed by atoms with Gasteiger partial charge in [0.05, 0.1) is 34.8 Å². The summed E-state index contributed by atoms with van der Waals surface area (Å²) in [6.45, 7) is 2.04. The summed E-state index contributed by atoms with van der Waals surface area (Å²) in [5.74, 6) is -0.658. The zero-order chi connectivity index (χ0) is 24.2. The number of hydrogen-bond acceptors (Lipinski definition) is 5. The van der Waals surface area contributed by atoms with Gasteiger partial charge in [-0.2, -0.15) is 0 Å². The minimum atomic E-state index is -0.420. The lowest BCUT2D eigenvalue weighted by molar-refractivity contribution is -0.110. The van der Waals surface area contributed by atoms with Crippen LogP contribution in [-0.2, 0) is 9.53 Å². The van der Waals surface area contributed by atoms with E-state index in [9.17, 15) is 9.59 Å². The van der Waals surface area contributed by atoms with Crippen LogP contribution >= 0.6 is 0 Å². The summed E-state index contributed by atoms with van der Waals surface area (Å²) < 4.78 is 5.10. The number of anilines is 2. The van der Waals surface area contributed by atoms with Gasteiger partial charge >= 0.3 is 5.97 Å². The first kappa shape index (κ1) is 22.1. The van der Waals surface area contributed by atoms with E-state index in [0.717, 1.165) is 28.1 Å². The lowest BCUT2D eigenvalue weighted by Gasteiger charge is -2.15. The van der Waals surface area contributed by atoms with E-state index in [1.54, 1.807) is 31.3 Å². The Morgan fingerprint density at radius 1 is 0.914 bits per heavy atom. The molecule has 0 saturated heterocycles. The highest BCUT2D eigenvalue weighted by atomic mass is 16.5. The zero-order valence-electron chi connectivity index (χ0n) is 19.1. The first-order chi connectivity index (χ1) is 17.1. The number of hydrogen-bond donors (Lipinski definition) is 2. The van der Waals surface area contributed by atoms with Crippen molar-refractivity contribution in [1.29, 1.82) is 0 Å². The van der Waals surface area contributed by atoms with Gasteiger partial charge in [-0.25, -0.2) is 4.79 Å². The average Bonchev–Trinajstić information content (AvgIpc) is 3.23. The molecule has 2 heterocycles. The lowest BCUT2D eigenvalue weighted by Crippen LogP contribution is -2.10. The van der Waals surface area contributed by atoms with Crippen LogP contribution in [0.25, 0.3) is 22.5 Å². The van der Waals surface area contributed by atoms with Crippen molar-refractivity contribution in [2.75, 3.05) is 17.2 Å². The topological polar surface area (TPSA) is 80.3 Å². The van der Waals surface area contributed by atoms with Crippen molar-refractivity contribution in [3.63, 3.8) is 0 Å². The van der Waals surface area contributed by atoms with E-state index in [4.69, 9.17) is 4.74 Å². The Labute approximate surface area is 203 Å². The van der Waals surface area contributed by atoms with E-state index in [2.05, 4.69) is 15.6 Å². The number of carbonyl (C=O) groups excluding carboxylic acids is 2.